The van der Waals surface area contributed by atoms with Crippen LogP contribution in [0, 0.1) is 23.7 Å². The van der Waals surface area contributed by atoms with E-state index in [4.69, 9.17) is 0 Å². The van der Waals surface area contributed by atoms with Crippen LogP contribution in [0.15, 0.2) is 115 Å². The number of hydrogen-bond acceptors (Lipinski definition) is 1. The highest BCUT2D eigenvalue weighted by molar-refractivity contribution is 5.89. The molecule has 0 radical (unpaired) electrons. The summed E-state index contributed by atoms with van der Waals surface area (Å²) >= 11 is 0. The zero-order valence-electron chi connectivity index (χ0n) is 26.6. The molecule has 0 amide bonds. The second-order valence-electron chi connectivity index (χ2n) is 15.7. The van der Waals surface area contributed by atoms with Crippen LogP contribution in [0.2, 0.25) is 0 Å². The summed E-state index contributed by atoms with van der Waals surface area (Å²) in [6.07, 6.45) is 12.4. The molecule has 0 unspecified atom stereocenters. The van der Waals surface area contributed by atoms with Crippen LogP contribution in [0.3, 0.4) is 0 Å². The van der Waals surface area contributed by atoms with E-state index in [0.29, 0.717) is 0 Å². The van der Waals surface area contributed by atoms with E-state index in [1.165, 1.54) is 97.1 Å². The molecule has 46 heavy (non-hydrogen) atoms. The van der Waals surface area contributed by atoms with E-state index in [9.17, 15) is 0 Å². The summed E-state index contributed by atoms with van der Waals surface area (Å²) in [5.74, 6) is 3.52. The molecule has 226 valence electrons. The molecule has 1 heteroatoms. The van der Waals surface area contributed by atoms with Crippen molar-refractivity contribution in [2.45, 2.75) is 68.6 Å². The molecule has 2 spiro atoms. The first-order valence-electron chi connectivity index (χ1n) is 18.1. The van der Waals surface area contributed by atoms with Crippen LogP contribution < -0.4 is 4.90 Å². The SMILES string of the molecule is c1ccc(N(c2ccc3c(c2)-c2ccccc2C32C3CC4CC(C3)CC2C4)c2ccc3c(c2)C2(CCCC2)c2ccccc2-3)cc1. The molecule has 5 aromatic carbocycles. The average molecular weight is 596 g/mol. The molecule has 0 aliphatic heterocycles. The van der Waals surface area contributed by atoms with E-state index in [-0.39, 0.29) is 10.8 Å². The molecule has 7 aliphatic carbocycles. The van der Waals surface area contributed by atoms with E-state index < -0.39 is 0 Å². The fourth-order valence-electron chi connectivity index (χ4n) is 12.4. The van der Waals surface area contributed by atoms with Gasteiger partial charge < -0.3 is 4.90 Å². The van der Waals surface area contributed by atoms with Crippen LogP contribution in [0.5, 0.6) is 0 Å². The van der Waals surface area contributed by atoms with Gasteiger partial charge in [0.1, 0.15) is 0 Å². The third-order valence-electron chi connectivity index (χ3n) is 13.8. The van der Waals surface area contributed by atoms with Crippen molar-refractivity contribution >= 4 is 17.1 Å². The van der Waals surface area contributed by atoms with E-state index in [0.717, 1.165) is 23.7 Å². The molecule has 0 aromatic heterocycles. The Morgan fingerprint density at radius 1 is 0.435 bits per heavy atom. The number of benzene rings is 5. The smallest absolute Gasteiger partial charge is 0.0468 e. The van der Waals surface area contributed by atoms with Crippen LogP contribution in [-0.2, 0) is 10.8 Å². The Kier molecular flexibility index (Phi) is 5.23. The van der Waals surface area contributed by atoms with E-state index in [1.807, 2.05) is 0 Å². The van der Waals surface area contributed by atoms with E-state index >= 15 is 0 Å². The van der Waals surface area contributed by atoms with Gasteiger partial charge in [0.15, 0.2) is 0 Å². The van der Waals surface area contributed by atoms with Gasteiger partial charge in [-0.05, 0) is 150 Å². The lowest BCUT2D eigenvalue weighted by molar-refractivity contribution is -0.0399. The van der Waals surface area contributed by atoms with Crippen molar-refractivity contribution < 1.29 is 0 Å². The fourth-order valence-corrected chi connectivity index (χ4v) is 12.4. The van der Waals surface area contributed by atoms with Crippen molar-refractivity contribution in [1.29, 1.82) is 0 Å². The Morgan fingerprint density at radius 3 is 1.74 bits per heavy atom. The molecule has 0 saturated heterocycles. The van der Waals surface area contributed by atoms with Crippen molar-refractivity contribution in [3.05, 3.63) is 138 Å². The summed E-state index contributed by atoms with van der Waals surface area (Å²) in [5.41, 5.74) is 16.4. The van der Waals surface area contributed by atoms with Gasteiger partial charge in [-0.2, -0.15) is 0 Å². The van der Waals surface area contributed by atoms with Gasteiger partial charge in [-0.1, -0.05) is 91.7 Å². The molecule has 4 bridgehead atoms. The predicted octanol–water partition coefficient (Wildman–Crippen LogP) is 11.7. The van der Waals surface area contributed by atoms with Crippen LogP contribution in [0.25, 0.3) is 22.3 Å². The first-order valence-corrected chi connectivity index (χ1v) is 18.1. The third-order valence-corrected chi connectivity index (χ3v) is 13.8. The molecule has 5 saturated carbocycles. The van der Waals surface area contributed by atoms with Gasteiger partial charge in [0.2, 0.25) is 0 Å². The van der Waals surface area contributed by atoms with Crippen LogP contribution in [-0.4, -0.2) is 0 Å². The van der Waals surface area contributed by atoms with Gasteiger partial charge >= 0.3 is 0 Å². The molecule has 5 fully saturated rings. The van der Waals surface area contributed by atoms with Crippen molar-refractivity contribution in [3.63, 3.8) is 0 Å². The maximum atomic E-state index is 2.57. The minimum atomic E-state index is 0.160. The summed E-state index contributed by atoms with van der Waals surface area (Å²) in [6.45, 7) is 0. The van der Waals surface area contributed by atoms with Crippen molar-refractivity contribution in [2.75, 3.05) is 4.90 Å². The summed E-state index contributed by atoms with van der Waals surface area (Å²) in [5, 5.41) is 0. The molecule has 7 aliphatic rings. The quantitative estimate of drug-likeness (QED) is 0.201. The highest BCUT2D eigenvalue weighted by Crippen LogP contribution is 2.69. The fraction of sp³-hybridized carbons (Fsp3) is 0.333. The third kappa shape index (κ3) is 3.22. The van der Waals surface area contributed by atoms with E-state index in [1.54, 1.807) is 22.3 Å². The molecule has 0 atom stereocenters. The number of rotatable bonds is 3. The monoisotopic (exact) mass is 595 g/mol. The van der Waals surface area contributed by atoms with Crippen molar-refractivity contribution in [2.24, 2.45) is 23.7 Å². The van der Waals surface area contributed by atoms with Crippen LogP contribution in [0.1, 0.15) is 80.0 Å². The summed E-state index contributed by atoms with van der Waals surface area (Å²) in [4.78, 5) is 2.54. The van der Waals surface area contributed by atoms with Crippen molar-refractivity contribution in [1.82, 2.24) is 0 Å². The highest BCUT2D eigenvalue weighted by Gasteiger charge is 2.61. The van der Waals surface area contributed by atoms with Gasteiger partial charge in [0.05, 0.1) is 0 Å². The summed E-state index contributed by atoms with van der Waals surface area (Å²) < 4.78 is 0. The maximum Gasteiger partial charge on any atom is 0.0468 e. The van der Waals surface area contributed by atoms with Gasteiger partial charge in [0.25, 0.3) is 0 Å². The zero-order chi connectivity index (χ0) is 30.0. The Morgan fingerprint density at radius 2 is 1.00 bits per heavy atom. The first kappa shape index (κ1) is 26.0. The summed E-state index contributed by atoms with van der Waals surface area (Å²) in [7, 11) is 0. The van der Waals surface area contributed by atoms with Gasteiger partial charge in [-0.25, -0.2) is 0 Å². The Hall–Kier alpha value is -4.10. The molecular weight excluding hydrogens is 555 g/mol. The molecule has 1 nitrogen and oxygen atoms in total. The normalized spacial score (nSPS) is 28.3. The zero-order valence-corrected chi connectivity index (χ0v) is 26.6. The molecular formula is C45H41N. The second kappa shape index (κ2) is 9.25. The standard InChI is InChI=1S/C45H41N/c1-2-10-33(11-3-1)46(35-16-18-38-36-12-4-6-14-40(36)44(43(38)28-35)20-8-9-21-44)34-17-19-42-39(27-34)37-13-5-7-15-41(37)45(42)31-23-29-22-30(25-31)26-32(45)24-29/h1-7,10-19,27-32H,8-9,20-26H2. The molecule has 0 heterocycles. The van der Waals surface area contributed by atoms with E-state index in [2.05, 4.69) is 120 Å². The van der Waals surface area contributed by atoms with Gasteiger partial charge in [-0.15, -0.1) is 0 Å². The van der Waals surface area contributed by atoms with Crippen LogP contribution in [0.4, 0.5) is 17.1 Å². The predicted molar refractivity (Wildman–Crippen MR) is 189 cm³/mol. The number of hydrogen-bond donors (Lipinski definition) is 0. The number of para-hydroxylation sites is 1. The first-order chi connectivity index (χ1) is 22.7. The lowest BCUT2D eigenvalue weighted by Crippen LogP contribution is -2.55. The number of nitrogens with zero attached hydrogens (tertiary/aromatic N) is 1. The number of fused-ring (bicyclic) bond motifs is 8. The Bertz CT molecular complexity index is 2000. The topological polar surface area (TPSA) is 3.24 Å². The number of anilines is 3. The average Bonchev–Trinajstić information content (AvgIpc) is 3.78. The highest BCUT2D eigenvalue weighted by atomic mass is 15.1. The maximum absolute atomic E-state index is 2.57. The van der Waals surface area contributed by atoms with Crippen molar-refractivity contribution in [3.8, 4) is 22.3 Å². The lowest BCUT2D eigenvalue weighted by Gasteiger charge is -2.61. The van der Waals surface area contributed by atoms with Gasteiger partial charge in [-0.3, -0.25) is 0 Å². The van der Waals surface area contributed by atoms with Crippen LogP contribution >= 0.6 is 0 Å². The van der Waals surface area contributed by atoms with Gasteiger partial charge in [0, 0.05) is 27.9 Å². The second-order valence-corrected chi connectivity index (χ2v) is 15.7. The lowest BCUT2D eigenvalue weighted by atomic mass is 9.43. The summed E-state index contributed by atoms with van der Waals surface area (Å²) in [6, 6.07) is 44.8. The molecule has 5 aromatic rings. The molecule has 12 rings (SSSR count). The Balaban J connectivity index is 1.10. The minimum Gasteiger partial charge on any atom is -0.310 e. The minimum absolute atomic E-state index is 0.160. The largest absolute Gasteiger partial charge is 0.310 e. The molecule has 0 N–H and O–H groups in total. The Labute approximate surface area is 273 Å².